The summed E-state index contributed by atoms with van der Waals surface area (Å²) in [6.45, 7) is 4.24. The number of aryl methyl sites for hydroxylation is 1. The molecule has 0 aromatic carbocycles. The van der Waals surface area contributed by atoms with Gasteiger partial charge in [-0.05, 0) is 12.5 Å². The van der Waals surface area contributed by atoms with E-state index in [4.69, 9.17) is 4.52 Å². The maximum Gasteiger partial charge on any atom is 0.193 e. The molecule has 0 aliphatic heterocycles. The molecule has 0 radical (unpaired) electrons. The number of halogens is 1. The van der Waals surface area contributed by atoms with Crippen LogP contribution in [0.4, 0.5) is 0 Å². The molecule has 7 nitrogen and oxygen atoms in total. The first-order valence-corrected chi connectivity index (χ1v) is 6.49. The first kappa shape index (κ1) is 17.5. The molecule has 0 atom stereocenters. The van der Waals surface area contributed by atoms with Gasteiger partial charge < -0.3 is 14.7 Å². The zero-order valence-electron chi connectivity index (χ0n) is 12.5. The number of hydrogen-bond donors (Lipinski definition) is 1. The average molecular weight is 404 g/mol. The highest BCUT2D eigenvalue weighted by molar-refractivity contribution is 14.0. The quantitative estimate of drug-likeness (QED) is 0.465. The van der Waals surface area contributed by atoms with Crippen molar-refractivity contribution in [3.05, 3.63) is 36.0 Å². The van der Waals surface area contributed by atoms with Crippen LogP contribution in [0.5, 0.6) is 0 Å². The number of aliphatic imine (C=N–C) groups is 1. The fourth-order valence-electron chi connectivity index (χ4n) is 1.89. The van der Waals surface area contributed by atoms with Crippen molar-refractivity contribution >= 4 is 29.9 Å². The standard InChI is InChI=1S/C13H20N6O.HI/c1-11-8-16-19(9-11)6-5-15-13(14-2)18(3)10-12-4-7-20-17-12;/h4,7-9H,5-6,10H2,1-3H3,(H,14,15);1H. The van der Waals surface area contributed by atoms with Gasteiger partial charge in [0.15, 0.2) is 5.96 Å². The minimum Gasteiger partial charge on any atom is -0.364 e. The fraction of sp³-hybridized carbons (Fsp3) is 0.462. The normalized spacial score (nSPS) is 11.1. The Kier molecular flexibility index (Phi) is 7.20. The van der Waals surface area contributed by atoms with Crippen LogP contribution >= 0.6 is 24.0 Å². The molecule has 2 aromatic rings. The van der Waals surface area contributed by atoms with Crippen LogP contribution in [0.2, 0.25) is 0 Å². The third-order valence-electron chi connectivity index (χ3n) is 2.85. The van der Waals surface area contributed by atoms with Crippen molar-refractivity contribution in [1.29, 1.82) is 0 Å². The van der Waals surface area contributed by atoms with Gasteiger partial charge in [-0.25, -0.2) is 0 Å². The lowest BCUT2D eigenvalue weighted by Crippen LogP contribution is -2.39. The Hall–Kier alpha value is -1.58. The summed E-state index contributed by atoms with van der Waals surface area (Å²) in [6.07, 6.45) is 5.44. The van der Waals surface area contributed by atoms with Crippen LogP contribution < -0.4 is 5.32 Å². The smallest absolute Gasteiger partial charge is 0.193 e. The molecule has 8 heteroatoms. The third kappa shape index (κ3) is 5.37. The monoisotopic (exact) mass is 404 g/mol. The van der Waals surface area contributed by atoms with E-state index in [-0.39, 0.29) is 24.0 Å². The van der Waals surface area contributed by atoms with Gasteiger partial charge in [0.05, 0.1) is 19.3 Å². The Balaban J connectivity index is 0.00000220. The zero-order chi connectivity index (χ0) is 14.4. The van der Waals surface area contributed by atoms with E-state index >= 15 is 0 Å². The second-order valence-electron chi connectivity index (χ2n) is 4.60. The Morgan fingerprint density at radius 2 is 2.33 bits per heavy atom. The zero-order valence-corrected chi connectivity index (χ0v) is 14.8. The number of hydrogen-bond acceptors (Lipinski definition) is 4. The Labute approximate surface area is 141 Å². The van der Waals surface area contributed by atoms with Crippen molar-refractivity contribution in [2.45, 2.75) is 20.0 Å². The highest BCUT2D eigenvalue weighted by Gasteiger charge is 2.07. The maximum atomic E-state index is 4.82. The largest absolute Gasteiger partial charge is 0.364 e. The van der Waals surface area contributed by atoms with Crippen molar-refractivity contribution in [1.82, 2.24) is 25.2 Å². The van der Waals surface area contributed by atoms with E-state index in [1.54, 1.807) is 13.3 Å². The van der Waals surface area contributed by atoms with Gasteiger partial charge in [-0.1, -0.05) is 5.16 Å². The Morgan fingerprint density at radius 1 is 1.52 bits per heavy atom. The van der Waals surface area contributed by atoms with Crippen LogP contribution in [-0.2, 0) is 13.1 Å². The van der Waals surface area contributed by atoms with Gasteiger partial charge in [-0.3, -0.25) is 9.67 Å². The van der Waals surface area contributed by atoms with E-state index in [0.29, 0.717) is 6.54 Å². The molecule has 0 unspecified atom stereocenters. The molecule has 0 fully saturated rings. The molecule has 0 saturated heterocycles. The summed E-state index contributed by atoms with van der Waals surface area (Å²) in [4.78, 5) is 6.24. The number of rotatable bonds is 5. The molecule has 0 saturated carbocycles. The first-order chi connectivity index (χ1) is 9.69. The Bertz CT molecular complexity index is 551. The third-order valence-corrected chi connectivity index (χ3v) is 2.85. The van der Waals surface area contributed by atoms with Crippen molar-refractivity contribution < 1.29 is 4.52 Å². The van der Waals surface area contributed by atoms with Gasteiger partial charge in [0.25, 0.3) is 0 Å². The SMILES string of the molecule is CN=C(NCCn1cc(C)cn1)N(C)Cc1ccon1.I. The van der Waals surface area contributed by atoms with E-state index in [2.05, 4.69) is 20.6 Å². The predicted molar refractivity (Wildman–Crippen MR) is 91.7 cm³/mol. The van der Waals surface area contributed by atoms with E-state index in [1.165, 1.54) is 0 Å². The average Bonchev–Trinajstić information content (AvgIpc) is 3.06. The minimum absolute atomic E-state index is 0. The summed E-state index contributed by atoms with van der Waals surface area (Å²) in [5.74, 6) is 0.817. The van der Waals surface area contributed by atoms with Crippen molar-refractivity contribution in [3.63, 3.8) is 0 Å². The minimum atomic E-state index is 0. The molecule has 0 aliphatic rings. The van der Waals surface area contributed by atoms with Crippen molar-refractivity contribution in [2.24, 2.45) is 4.99 Å². The number of guanidine groups is 1. The van der Waals surface area contributed by atoms with Crippen LogP contribution in [-0.4, -0.2) is 46.4 Å². The lowest BCUT2D eigenvalue weighted by Gasteiger charge is -2.20. The summed E-state index contributed by atoms with van der Waals surface area (Å²) in [6, 6.07) is 1.84. The van der Waals surface area contributed by atoms with Gasteiger partial charge in [0.1, 0.15) is 12.0 Å². The molecule has 1 N–H and O–H groups in total. The van der Waals surface area contributed by atoms with Gasteiger partial charge in [-0.15, -0.1) is 24.0 Å². The predicted octanol–water partition coefficient (Wildman–Crippen LogP) is 1.50. The second-order valence-corrected chi connectivity index (χ2v) is 4.60. The molecule has 2 rings (SSSR count). The van der Waals surface area contributed by atoms with Crippen LogP contribution in [0.1, 0.15) is 11.3 Å². The van der Waals surface area contributed by atoms with Crippen molar-refractivity contribution in [3.8, 4) is 0 Å². The molecule has 2 aromatic heterocycles. The van der Waals surface area contributed by atoms with Gasteiger partial charge in [-0.2, -0.15) is 5.10 Å². The maximum absolute atomic E-state index is 4.82. The molecule has 21 heavy (non-hydrogen) atoms. The van der Waals surface area contributed by atoms with Crippen LogP contribution in [0.25, 0.3) is 0 Å². The molecular weight excluding hydrogens is 383 g/mol. The van der Waals surface area contributed by atoms with Crippen molar-refractivity contribution in [2.75, 3.05) is 20.6 Å². The summed E-state index contributed by atoms with van der Waals surface area (Å²) in [5, 5.41) is 11.4. The second kappa shape index (κ2) is 8.65. The Morgan fingerprint density at radius 3 is 2.90 bits per heavy atom. The first-order valence-electron chi connectivity index (χ1n) is 6.49. The van der Waals surface area contributed by atoms with Crippen LogP contribution in [0.15, 0.2) is 34.2 Å². The van der Waals surface area contributed by atoms with Crippen LogP contribution in [0.3, 0.4) is 0 Å². The van der Waals surface area contributed by atoms with Gasteiger partial charge in [0.2, 0.25) is 0 Å². The molecule has 0 spiro atoms. The summed E-state index contributed by atoms with van der Waals surface area (Å²) >= 11 is 0. The van der Waals surface area contributed by atoms with E-state index in [0.717, 1.165) is 30.3 Å². The fourth-order valence-corrected chi connectivity index (χ4v) is 1.89. The number of nitrogens with one attached hydrogen (secondary N) is 1. The van der Waals surface area contributed by atoms with Gasteiger partial charge >= 0.3 is 0 Å². The highest BCUT2D eigenvalue weighted by atomic mass is 127. The molecule has 116 valence electrons. The molecule has 0 aliphatic carbocycles. The summed E-state index contributed by atoms with van der Waals surface area (Å²) in [7, 11) is 3.72. The summed E-state index contributed by atoms with van der Waals surface area (Å²) in [5.41, 5.74) is 2.04. The molecule has 0 amide bonds. The lowest BCUT2D eigenvalue weighted by molar-refractivity contribution is 0.390. The molecule has 0 bridgehead atoms. The van der Waals surface area contributed by atoms with E-state index in [9.17, 15) is 0 Å². The number of aromatic nitrogens is 3. The van der Waals surface area contributed by atoms with Gasteiger partial charge in [0, 0.05) is 32.9 Å². The van der Waals surface area contributed by atoms with E-state index in [1.807, 2.05) is 42.0 Å². The topological polar surface area (TPSA) is 71.5 Å². The number of nitrogens with zero attached hydrogens (tertiary/aromatic N) is 5. The summed E-state index contributed by atoms with van der Waals surface area (Å²) < 4.78 is 6.73. The highest BCUT2D eigenvalue weighted by Crippen LogP contribution is 2.00. The van der Waals surface area contributed by atoms with Crippen LogP contribution in [0, 0.1) is 6.92 Å². The molecule has 2 heterocycles. The molecular formula is C13H21IN6O. The van der Waals surface area contributed by atoms with E-state index < -0.39 is 0 Å². The lowest BCUT2D eigenvalue weighted by atomic mass is 10.4.